The number of nitrogens with two attached hydrogens (primary N) is 1. The number of sulfonamides is 1. The van der Waals surface area contributed by atoms with Gasteiger partial charge in [0.05, 0.1) is 16.1 Å². The molecule has 1 aromatic carbocycles. The molecule has 0 spiro atoms. The number of para-hydroxylation sites is 1. The Morgan fingerprint density at radius 1 is 1.31 bits per heavy atom. The van der Waals surface area contributed by atoms with Crippen LogP contribution in [0.4, 0.5) is 5.69 Å². The van der Waals surface area contributed by atoms with Crippen molar-refractivity contribution in [2.24, 2.45) is 11.7 Å². The summed E-state index contributed by atoms with van der Waals surface area (Å²) in [6.45, 7) is 0.935. The van der Waals surface area contributed by atoms with Gasteiger partial charge in [0.1, 0.15) is 10.5 Å². The molecule has 1 atom stereocenters. The van der Waals surface area contributed by atoms with Crippen molar-refractivity contribution in [1.29, 1.82) is 0 Å². The highest BCUT2D eigenvalue weighted by atomic mass is 35.5. The lowest BCUT2D eigenvalue weighted by Gasteiger charge is -2.35. The predicted molar refractivity (Wildman–Crippen MR) is 103 cm³/mol. The van der Waals surface area contributed by atoms with Gasteiger partial charge in [-0.05, 0) is 43.0 Å². The van der Waals surface area contributed by atoms with E-state index in [9.17, 15) is 8.42 Å². The van der Waals surface area contributed by atoms with Crippen LogP contribution in [0.3, 0.4) is 0 Å². The van der Waals surface area contributed by atoms with Gasteiger partial charge in [0, 0.05) is 18.9 Å². The number of rotatable bonds is 4. The molecular formula is C18H19ClN4O2S. The normalized spacial score (nSPS) is 17.5. The Labute approximate surface area is 157 Å². The van der Waals surface area contributed by atoms with Crippen molar-refractivity contribution in [3.05, 3.63) is 53.3 Å². The summed E-state index contributed by atoms with van der Waals surface area (Å²) < 4.78 is 28.5. The zero-order chi connectivity index (χ0) is 18.3. The molecule has 0 saturated heterocycles. The van der Waals surface area contributed by atoms with Crippen LogP contribution in [0.25, 0.3) is 11.0 Å². The number of benzene rings is 1. The van der Waals surface area contributed by atoms with Gasteiger partial charge in [-0.3, -0.25) is 4.31 Å². The summed E-state index contributed by atoms with van der Waals surface area (Å²) in [6, 6.07) is 9.21. The van der Waals surface area contributed by atoms with Crippen molar-refractivity contribution in [2.45, 2.75) is 17.7 Å². The topological polar surface area (TPSA) is 92.1 Å². The summed E-state index contributed by atoms with van der Waals surface area (Å²) in [5.41, 5.74) is 7.92. The van der Waals surface area contributed by atoms with Gasteiger partial charge < -0.3 is 10.7 Å². The molecule has 0 bridgehead atoms. The van der Waals surface area contributed by atoms with Gasteiger partial charge in [-0.1, -0.05) is 29.8 Å². The van der Waals surface area contributed by atoms with Crippen LogP contribution in [0.15, 0.2) is 47.6 Å². The number of aromatic nitrogens is 2. The molecule has 0 aliphatic carbocycles. The third-order valence-corrected chi connectivity index (χ3v) is 6.94. The summed E-state index contributed by atoms with van der Waals surface area (Å²) >= 11 is 6.27. The van der Waals surface area contributed by atoms with Crippen LogP contribution >= 0.6 is 11.6 Å². The fraction of sp³-hybridized carbons (Fsp3) is 0.278. The van der Waals surface area contributed by atoms with Gasteiger partial charge in [-0.2, -0.15) is 0 Å². The standard InChI is InChI=1S/C18H19ClN4O2S/c19-14-6-8-21-18-17(14)16(10-22-18)26(24,25)23-11-12(5-7-20)9-13-3-1-2-4-15(13)23/h1-4,6,8,10,12H,5,7,9,11,20H2,(H,21,22). The Morgan fingerprint density at radius 3 is 2.92 bits per heavy atom. The molecule has 1 aliphatic rings. The molecule has 0 saturated carbocycles. The van der Waals surface area contributed by atoms with E-state index in [-0.39, 0.29) is 10.8 Å². The second-order valence-corrected chi connectivity index (χ2v) is 8.72. The highest BCUT2D eigenvalue weighted by Gasteiger charge is 2.34. The maximum Gasteiger partial charge on any atom is 0.266 e. The molecular weight excluding hydrogens is 372 g/mol. The maximum absolute atomic E-state index is 13.5. The van der Waals surface area contributed by atoms with Crippen LogP contribution in [0.1, 0.15) is 12.0 Å². The number of pyridine rings is 1. The van der Waals surface area contributed by atoms with E-state index in [2.05, 4.69) is 9.97 Å². The summed E-state index contributed by atoms with van der Waals surface area (Å²) in [7, 11) is -3.80. The lowest BCUT2D eigenvalue weighted by atomic mass is 9.91. The first-order chi connectivity index (χ1) is 12.5. The lowest BCUT2D eigenvalue weighted by molar-refractivity contribution is 0.480. The molecule has 3 heterocycles. The zero-order valence-electron chi connectivity index (χ0n) is 14.0. The molecule has 8 heteroatoms. The Morgan fingerprint density at radius 2 is 2.12 bits per heavy atom. The fourth-order valence-electron chi connectivity index (χ4n) is 3.60. The van der Waals surface area contributed by atoms with E-state index in [1.807, 2.05) is 24.3 Å². The van der Waals surface area contributed by atoms with Gasteiger partial charge in [0.2, 0.25) is 0 Å². The molecule has 6 nitrogen and oxygen atoms in total. The van der Waals surface area contributed by atoms with E-state index in [1.165, 1.54) is 10.5 Å². The van der Waals surface area contributed by atoms with Crippen LogP contribution < -0.4 is 10.0 Å². The number of nitrogens with one attached hydrogen (secondary N) is 1. The fourth-order valence-corrected chi connectivity index (χ4v) is 5.66. The van der Waals surface area contributed by atoms with Gasteiger partial charge in [0.25, 0.3) is 10.0 Å². The monoisotopic (exact) mass is 390 g/mol. The van der Waals surface area contributed by atoms with Crippen LogP contribution in [-0.4, -0.2) is 31.5 Å². The molecule has 0 radical (unpaired) electrons. The van der Waals surface area contributed by atoms with E-state index in [1.54, 1.807) is 12.3 Å². The van der Waals surface area contributed by atoms with Crippen LogP contribution in [0, 0.1) is 5.92 Å². The molecule has 0 amide bonds. The first-order valence-corrected chi connectivity index (χ1v) is 10.3. The largest absolute Gasteiger partial charge is 0.345 e. The molecule has 26 heavy (non-hydrogen) atoms. The number of halogens is 1. The Kier molecular flexibility index (Phi) is 4.38. The molecule has 136 valence electrons. The second-order valence-electron chi connectivity index (χ2n) is 6.48. The van der Waals surface area contributed by atoms with E-state index in [4.69, 9.17) is 17.3 Å². The minimum Gasteiger partial charge on any atom is -0.345 e. The third kappa shape index (κ3) is 2.76. The smallest absolute Gasteiger partial charge is 0.266 e. The van der Waals surface area contributed by atoms with Gasteiger partial charge in [-0.25, -0.2) is 13.4 Å². The highest BCUT2D eigenvalue weighted by molar-refractivity contribution is 7.93. The summed E-state index contributed by atoms with van der Waals surface area (Å²) in [5, 5.41) is 0.784. The third-order valence-electron chi connectivity index (χ3n) is 4.82. The van der Waals surface area contributed by atoms with Gasteiger partial charge in [0.15, 0.2) is 0 Å². The zero-order valence-corrected chi connectivity index (χ0v) is 15.6. The summed E-state index contributed by atoms with van der Waals surface area (Å²) in [6.07, 6.45) is 4.62. The number of fused-ring (bicyclic) bond motifs is 2. The van der Waals surface area contributed by atoms with E-state index >= 15 is 0 Å². The molecule has 3 aromatic rings. The molecule has 1 unspecified atom stereocenters. The molecule has 2 aromatic heterocycles. The number of H-pyrrole nitrogens is 1. The number of nitrogens with zero attached hydrogens (tertiary/aromatic N) is 2. The second kappa shape index (κ2) is 6.57. The number of hydrogen-bond donors (Lipinski definition) is 2. The van der Waals surface area contributed by atoms with Crippen molar-refractivity contribution in [3.8, 4) is 0 Å². The van der Waals surface area contributed by atoms with E-state index < -0.39 is 10.0 Å². The molecule has 4 rings (SSSR count). The van der Waals surface area contributed by atoms with Gasteiger partial charge >= 0.3 is 0 Å². The first-order valence-electron chi connectivity index (χ1n) is 8.44. The predicted octanol–water partition coefficient (Wildman–Crippen LogP) is 2.93. The average molecular weight is 391 g/mol. The van der Waals surface area contributed by atoms with Crippen LogP contribution in [0.5, 0.6) is 0 Å². The number of hydrogen-bond acceptors (Lipinski definition) is 4. The Balaban J connectivity index is 1.87. The van der Waals surface area contributed by atoms with E-state index in [0.29, 0.717) is 29.1 Å². The van der Waals surface area contributed by atoms with Crippen LogP contribution in [0.2, 0.25) is 5.02 Å². The quantitative estimate of drug-likeness (QED) is 0.716. The molecule has 3 N–H and O–H groups in total. The Bertz CT molecular complexity index is 1060. The average Bonchev–Trinajstić information content (AvgIpc) is 3.08. The van der Waals surface area contributed by atoms with Crippen molar-refractivity contribution in [2.75, 3.05) is 17.4 Å². The minimum atomic E-state index is -3.80. The minimum absolute atomic E-state index is 0.147. The van der Waals surface area contributed by atoms with Crippen molar-refractivity contribution in [3.63, 3.8) is 0 Å². The number of anilines is 1. The van der Waals surface area contributed by atoms with Gasteiger partial charge in [-0.15, -0.1) is 0 Å². The van der Waals surface area contributed by atoms with Crippen molar-refractivity contribution >= 4 is 38.3 Å². The molecule has 1 aliphatic heterocycles. The lowest BCUT2D eigenvalue weighted by Crippen LogP contribution is -2.40. The van der Waals surface area contributed by atoms with Crippen molar-refractivity contribution < 1.29 is 8.42 Å². The highest BCUT2D eigenvalue weighted by Crippen LogP contribution is 2.37. The summed E-state index contributed by atoms with van der Waals surface area (Å²) in [5.74, 6) is 0.184. The van der Waals surface area contributed by atoms with E-state index in [0.717, 1.165) is 24.1 Å². The SMILES string of the molecule is NCCC1Cc2ccccc2N(S(=O)(=O)c2c[nH]c3nccc(Cl)c23)C1. The molecule has 0 fully saturated rings. The Hall–Kier alpha value is -2.09. The summed E-state index contributed by atoms with van der Waals surface area (Å²) in [4.78, 5) is 7.23. The van der Waals surface area contributed by atoms with Crippen LogP contribution in [-0.2, 0) is 16.4 Å². The maximum atomic E-state index is 13.5. The van der Waals surface area contributed by atoms with Crippen molar-refractivity contribution in [1.82, 2.24) is 9.97 Å². The number of aromatic amines is 1. The first kappa shape index (κ1) is 17.3.